The van der Waals surface area contributed by atoms with Crippen molar-refractivity contribution in [3.63, 3.8) is 0 Å². The molecule has 1 aliphatic heterocycles. The second kappa shape index (κ2) is 6.80. The zero-order valence-corrected chi connectivity index (χ0v) is 13.4. The molecule has 2 aliphatic rings. The molecule has 1 saturated heterocycles. The van der Waals surface area contributed by atoms with Crippen molar-refractivity contribution in [3.05, 3.63) is 35.9 Å². The number of carbonyl (C=O) groups is 1. The average molecular weight is 302 g/mol. The van der Waals surface area contributed by atoms with Gasteiger partial charge in [0.05, 0.1) is 6.61 Å². The van der Waals surface area contributed by atoms with Crippen molar-refractivity contribution in [3.8, 4) is 0 Å². The lowest BCUT2D eigenvalue weighted by atomic mass is 9.74. The molecule has 1 atom stereocenters. The van der Waals surface area contributed by atoms with Crippen molar-refractivity contribution in [1.29, 1.82) is 0 Å². The number of rotatable bonds is 5. The first-order chi connectivity index (χ1) is 10.7. The number of carbonyl (C=O) groups excluding carboxylic acids is 1. The first kappa shape index (κ1) is 15.5. The van der Waals surface area contributed by atoms with Gasteiger partial charge in [0.2, 0.25) is 0 Å². The summed E-state index contributed by atoms with van der Waals surface area (Å²) < 4.78 is 5.71. The second-order valence-corrected chi connectivity index (χ2v) is 6.56. The summed E-state index contributed by atoms with van der Waals surface area (Å²) in [6, 6.07) is 10.4. The Bertz CT molecular complexity index is 494. The molecule has 4 heteroatoms. The van der Waals surface area contributed by atoms with Crippen LogP contribution in [0.1, 0.15) is 38.2 Å². The maximum atomic E-state index is 12.5. The van der Waals surface area contributed by atoms with Gasteiger partial charge in [-0.05, 0) is 31.2 Å². The third kappa shape index (κ3) is 3.50. The maximum Gasteiger partial charge on any atom is 0.250 e. The minimum Gasteiger partial charge on any atom is -0.366 e. The van der Waals surface area contributed by atoms with E-state index in [1.807, 2.05) is 6.07 Å². The van der Waals surface area contributed by atoms with E-state index in [1.165, 1.54) is 12.0 Å². The molecule has 3 rings (SSSR count). The zero-order valence-electron chi connectivity index (χ0n) is 13.4. The van der Waals surface area contributed by atoms with Crippen molar-refractivity contribution in [1.82, 2.24) is 10.2 Å². The predicted octanol–water partition coefficient (Wildman–Crippen LogP) is 2.34. The standard InChI is InChI=1S/C18H26N2O2/c1-2-18(9-6-10-18)19-17(21)16-14-20(11-12-22-16)13-15-7-4-3-5-8-15/h3-5,7-8,16H,2,6,9-14H2,1H3,(H,19,21). The van der Waals surface area contributed by atoms with E-state index in [9.17, 15) is 4.79 Å². The van der Waals surface area contributed by atoms with E-state index in [0.29, 0.717) is 13.2 Å². The van der Waals surface area contributed by atoms with Gasteiger partial charge in [-0.2, -0.15) is 0 Å². The second-order valence-electron chi connectivity index (χ2n) is 6.56. The number of nitrogens with one attached hydrogen (secondary N) is 1. The highest BCUT2D eigenvalue weighted by molar-refractivity contribution is 5.82. The largest absolute Gasteiger partial charge is 0.366 e. The van der Waals surface area contributed by atoms with Crippen LogP contribution in [0.4, 0.5) is 0 Å². The zero-order chi connectivity index (χ0) is 15.4. The lowest BCUT2D eigenvalue weighted by molar-refractivity contribution is -0.142. The number of hydrogen-bond acceptors (Lipinski definition) is 3. The van der Waals surface area contributed by atoms with Gasteiger partial charge in [0.25, 0.3) is 5.91 Å². The first-order valence-electron chi connectivity index (χ1n) is 8.41. The fourth-order valence-electron chi connectivity index (χ4n) is 3.36. The summed E-state index contributed by atoms with van der Waals surface area (Å²) in [5.74, 6) is 0.0688. The molecule has 0 spiro atoms. The third-order valence-corrected chi connectivity index (χ3v) is 5.07. The molecule has 1 amide bonds. The minimum absolute atomic E-state index is 0.0438. The smallest absolute Gasteiger partial charge is 0.250 e. The van der Waals surface area contributed by atoms with Gasteiger partial charge in [-0.3, -0.25) is 9.69 Å². The Morgan fingerprint density at radius 3 is 2.77 bits per heavy atom. The summed E-state index contributed by atoms with van der Waals surface area (Å²) in [6.07, 6.45) is 4.12. The number of morpholine rings is 1. The highest BCUT2D eigenvalue weighted by Gasteiger charge is 2.39. The molecule has 0 radical (unpaired) electrons. The van der Waals surface area contributed by atoms with Crippen LogP contribution in [-0.4, -0.2) is 42.1 Å². The molecular weight excluding hydrogens is 276 g/mol. The lowest BCUT2D eigenvalue weighted by Crippen LogP contribution is -2.58. The molecule has 1 aromatic carbocycles. The molecule has 1 unspecified atom stereocenters. The Kier molecular flexibility index (Phi) is 4.79. The molecule has 2 fully saturated rings. The molecular formula is C18H26N2O2. The third-order valence-electron chi connectivity index (χ3n) is 5.07. The normalized spacial score (nSPS) is 24.5. The van der Waals surface area contributed by atoms with E-state index in [0.717, 1.165) is 32.4 Å². The molecule has 120 valence electrons. The number of amides is 1. The van der Waals surface area contributed by atoms with E-state index in [2.05, 4.69) is 41.4 Å². The quantitative estimate of drug-likeness (QED) is 0.907. The molecule has 1 saturated carbocycles. The predicted molar refractivity (Wildman–Crippen MR) is 86.5 cm³/mol. The number of ether oxygens (including phenoxy) is 1. The summed E-state index contributed by atoms with van der Waals surface area (Å²) >= 11 is 0. The molecule has 1 aromatic rings. The minimum atomic E-state index is -0.332. The van der Waals surface area contributed by atoms with E-state index < -0.39 is 0 Å². The van der Waals surface area contributed by atoms with E-state index in [4.69, 9.17) is 4.74 Å². The van der Waals surface area contributed by atoms with Crippen LogP contribution < -0.4 is 5.32 Å². The van der Waals surface area contributed by atoms with Gasteiger partial charge in [0, 0.05) is 25.2 Å². The van der Waals surface area contributed by atoms with Crippen molar-refractivity contribution in [2.75, 3.05) is 19.7 Å². The lowest BCUT2D eigenvalue weighted by Gasteiger charge is -2.43. The Labute approximate surface area is 132 Å². The van der Waals surface area contributed by atoms with Crippen LogP contribution in [0, 0.1) is 0 Å². The van der Waals surface area contributed by atoms with Gasteiger partial charge in [-0.1, -0.05) is 37.3 Å². The maximum absolute atomic E-state index is 12.5. The summed E-state index contributed by atoms with van der Waals surface area (Å²) in [5, 5.41) is 3.24. The van der Waals surface area contributed by atoms with Crippen LogP contribution in [0.2, 0.25) is 0 Å². The van der Waals surface area contributed by atoms with E-state index in [-0.39, 0.29) is 17.6 Å². The highest BCUT2D eigenvalue weighted by Crippen LogP contribution is 2.34. The fourth-order valence-corrected chi connectivity index (χ4v) is 3.36. The van der Waals surface area contributed by atoms with Crippen molar-refractivity contribution in [2.24, 2.45) is 0 Å². The van der Waals surface area contributed by atoms with E-state index in [1.54, 1.807) is 0 Å². The Morgan fingerprint density at radius 1 is 1.36 bits per heavy atom. The Balaban J connectivity index is 1.55. The molecule has 22 heavy (non-hydrogen) atoms. The molecule has 1 N–H and O–H groups in total. The van der Waals surface area contributed by atoms with Gasteiger partial charge in [-0.15, -0.1) is 0 Å². The summed E-state index contributed by atoms with van der Waals surface area (Å²) in [5.41, 5.74) is 1.33. The molecule has 1 aliphatic carbocycles. The van der Waals surface area contributed by atoms with Gasteiger partial charge in [0.1, 0.15) is 6.10 Å². The van der Waals surface area contributed by atoms with Crippen LogP contribution in [0.3, 0.4) is 0 Å². The van der Waals surface area contributed by atoms with Gasteiger partial charge in [-0.25, -0.2) is 0 Å². The van der Waals surface area contributed by atoms with Crippen LogP contribution in [0.15, 0.2) is 30.3 Å². The van der Waals surface area contributed by atoms with Gasteiger partial charge in [0.15, 0.2) is 0 Å². The fraction of sp³-hybridized carbons (Fsp3) is 0.611. The molecule has 0 aromatic heterocycles. The molecule has 4 nitrogen and oxygen atoms in total. The van der Waals surface area contributed by atoms with Crippen molar-refractivity contribution in [2.45, 2.75) is 50.8 Å². The number of benzene rings is 1. The van der Waals surface area contributed by atoms with Gasteiger partial charge >= 0.3 is 0 Å². The summed E-state index contributed by atoms with van der Waals surface area (Å²) in [7, 11) is 0. The first-order valence-corrected chi connectivity index (χ1v) is 8.41. The number of hydrogen-bond donors (Lipinski definition) is 1. The van der Waals surface area contributed by atoms with Crippen LogP contribution in [-0.2, 0) is 16.1 Å². The summed E-state index contributed by atoms with van der Waals surface area (Å²) in [4.78, 5) is 14.8. The van der Waals surface area contributed by atoms with Crippen molar-refractivity contribution >= 4 is 5.91 Å². The average Bonchev–Trinajstić information content (AvgIpc) is 2.52. The van der Waals surface area contributed by atoms with Crippen LogP contribution in [0.25, 0.3) is 0 Å². The highest BCUT2D eigenvalue weighted by atomic mass is 16.5. The number of nitrogens with zero attached hydrogens (tertiary/aromatic N) is 1. The van der Waals surface area contributed by atoms with E-state index >= 15 is 0 Å². The Hall–Kier alpha value is -1.39. The Morgan fingerprint density at radius 2 is 2.14 bits per heavy atom. The monoisotopic (exact) mass is 302 g/mol. The summed E-state index contributed by atoms with van der Waals surface area (Å²) in [6.45, 7) is 5.23. The molecule has 0 bridgehead atoms. The topological polar surface area (TPSA) is 41.6 Å². The van der Waals surface area contributed by atoms with Gasteiger partial charge < -0.3 is 10.1 Å². The van der Waals surface area contributed by atoms with Crippen molar-refractivity contribution < 1.29 is 9.53 Å². The SMILES string of the molecule is CCC1(NC(=O)C2CN(Cc3ccccc3)CCO2)CCC1. The van der Waals surface area contributed by atoms with Crippen LogP contribution >= 0.6 is 0 Å². The van der Waals surface area contributed by atoms with Crippen LogP contribution in [0.5, 0.6) is 0 Å². The molecule has 1 heterocycles.